The number of rotatable bonds is 6. The van der Waals surface area contributed by atoms with E-state index in [0.717, 1.165) is 42.0 Å². The number of carbonyl (C=O) groups excluding carboxylic acids is 4. The van der Waals surface area contributed by atoms with Gasteiger partial charge in [-0.15, -0.1) is 0 Å². The molecule has 4 aromatic carbocycles. The Bertz CT molecular complexity index is 2420. The molecule has 11 nitrogen and oxygen atoms in total. The van der Waals surface area contributed by atoms with Crippen LogP contribution < -0.4 is 9.60 Å². The van der Waals surface area contributed by atoms with E-state index in [2.05, 4.69) is 15.0 Å². The molecule has 0 aliphatic carbocycles. The molecule has 3 aromatic heterocycles. The Balaban J connectivity index is 1.29. The zero-order valence-corrected chi connectivity index (χ0v) is 27.2. The van der Waals surface area contributed by atoms with Crippen molar-refractivity contribution in [2.45, 2.75) is 13.1 Å². The highest BCUT2D eigenvalue weighted by Gasteiger charge is 2.18. The van der Waals surface area contributed by atoms with Crippen LogP contribution in [-0.4, -0.2) is 52.1 Å². The largest absolute Gasteiger partial charge is 0.468 e. The smallest absolute Gasteiger partial charge is 0.325 e. The van der Waals surface area contributed by atoms with Crippen LogP contribution in [0.2, 0.25) is 0 Å². The molecule has 48 heavy (non-hydrogen) atoms. The Labute approximate surface area is 279 Å². The number of hydrogen-bond donors (Lipinski definition) is 0. The van der Waals surface area contributed by atoms with Gasteiger partial charge in [-0.05, 0) is 35.0 Å². The lowest BCUT2D eigenvalue weighted by Crippen LogP contribution is -2.23. The molecule has 0 saturated carbocycles. The molecular weight excluding hydrogens is 651 g/mol. The van der Waals surface area contributed by atoms with Crippen LogP contribution in [0.3, 0.4) is 0 Å². The third kappa shape index (κ3) is 5.69. The third-order valence-corrected chi connectivity index (χ3v) is 10.0. The van der Waals surface area contributed by atoms with Crippen molar-refractivity contribution in [1.82, 2.24) is 14.1 Å². The second-order valence-electron chi connectivity index (χ2n) is 10.6. The summed E-state index contributed by atoms with van der Waals surface area (Å²) in [7, 11) is 2.59. The molecule has 7 rings (SSSR count). The molecule has 3 heterocycles. The molecule has 0 saturated heterocycles. The normalized spacial score (nSPS) is 12.3. The first-order chi connectivity index (χ1) is 23.3. The van der Waals surface area contributed by atoms with Crippen molar-refractivity contribution < 1.29 is 28.7 Å². The quantitative estimate of drug-likeness (QED) is 0.220. The number of aromatic nitrogens is 3. The predicted molar refractivity (Wildman–Crippen MR) is 183 cm³/mol. The highest BCUT2D eigenvalue weighted by molar-refractivity contribution is 7.17. The number of pyridine rings is 1. The van der Waals surface area contributed by atoms with Crippen LogP contribution in [-0.2, 0) is 32.2 Å². The van der Waals surface area contributed by atoms with Crippen molar-refractivity contribution in [2.75, 3.05) is 14.2 Å². The molecule has 0 bridgehead atoms. The minimum atomic E-state index is -0.701. The van der Waals surface area contributed by atoms with Crippen molar-refractivity contribution in [3.8, 4) is 0 Å². The molecular formula is C35H25N5O6S2. The van der Waals surface area contributed by atoms with Gasteiger partial charge in [-0.1, -0.05) is 89.4 Å². The molecule has 7 aromatic rings. The highest BCUT2D eigenvalue weighted by Crippen LogP contribution is 2.29. The van der Waals surface area contributed by atoms with E-state index in [-0.39, 0.29) is 34.1 Å². The van der Waals surface area contributed by atoms with Gasteiger partial charge in [0, 0.05) is 10.8 Å². The second kappa shape index (κ2) is 12.8. The van der Waals surface area contributed by atoms with Crippen molar-refractivity contribution in [1.29, 1.82) is 0 Å². The average Bonchev–Trinajstić information content (AvgIpc) is 3.65. The molecule has 0 atom stereocenters. The SMILES string of the molecule is COC(=O)Cn1c(=NC(=O)c2cccc(C(=O)N=c3sc4c5ccccc5ccc4n3CC(=O)OC)n2)sc2c3ccccc3ccc21. The summed E-state index contributed by atoms with van der Waals surface area (Å²) < 4.78 is 14.8. The fourth-order valence-electron chi connectivity index (χ4n) is 5.42. The van der Waals surface area contributed by atoms with E-state index >= 15 is 0 Å². The number of amides is 2. The minimum absolute atomic E-state index is 0.0762. The molecule has 13 heteroatoms. The number of ether oxygens (including phenoxy) is 2. The lowest BCUT2D eigenvalue weighted by molar-refractivity contribution is -0.142. The fourth-order valence-corrected chi connectivity index (χ4v) is 7.75. The molecule has 0 aliphatic rings. The maximum absolute atomic E-state index is 13.5. The molecule has 0 radical (unpaired) electrons. The number of carbonyl (C=O) groups is 4. The van der Waals surface area contributed by atoms with Gasteiger partial charge in [0.2, 0.25) is 0 Å². The van der Waals surface area contributed by atoms with Gasteiger partial charge < -0.3 is 18.6 Å². The highest BCUT2D eigenvalue weighted by atomic mass is 32.1. The van der Waals surface area contributed by atoms with E-state index in [1.54, 1.807) is 9.13 Å². The van der Waals surface area contributed by atoms with Crippen LogP contribution in [0, 0.1) is 0 Å². The number of benzene rings is 4. The molecule has 0 aliphatic heterocycles. The van der Waals surface area contributed by atoms with Crippen LogP contribution in [0.1, 0.15) is 21.0 Å². The van der Waals surface area contributed by atoms with Gasteiger partial charge in [-0.3, -0.25) is 19.2 Å². The first kappa shape index (κ1) is 30.8. The number of fused-ring (bicyclic) bond motifs is 6. The van der Waals surface area contributed by atoms with E-state index in [4.69, 9.17) is 9.47 Å². The van der Waals surface area contributed by atoms with Crippen molar-refractivity contribution in [3.63, 3.8) is 0 Å². The summed E-state index contributed by atoms with van der Waals surface area (Å²) in [5.74, 6) is -2.40. The Morgan fingerprint density at radius 3 is 1.48 bits per heavy atom. The van der Waals surface area contributed by atoms with Crippen molar-refractivity contribution in [2.24, 2.45) is 9.98 Å². The summed E-state index contributed by atoms with van der Waals surface area (Å²) in [6, 6.07) is 27.7. The lowest BCUT2D eigenvalue weighted by atomic mass is 10.1. The van der Waals surface area contributed by atoms with Gasteiger partial charge in [0.1, 0.15) is 24.5 Å². The molecule has 0 unspecified atom stereocenters. The number of thiazole rings is 2. The molecule has 0 fully saturated rings. The zero-order chi connectivity index (χ0) is 33.4. The van der Waals surface area contributed by atoms with E-state index in [1.807, 2.05) is 72.8 Å². The summed E-state index contributed by atoms with van der Waals surface area (Å²) >= 11 is 2.53. The molecule has 2 amide bonds. The lowest BCUT2D eigenvalue weighted by Gasteiger charge is -2.05. The Hall–Kier alpha value is -5.79. The van der Waals surface area contributed by atoms with Gasteiger partial charge in [0.25, 0.3) is 11.8 Å². The van der Waals surface area contributed by atoms with Gasteiger partial charge >= 0.3 is 11.9 Å². The number of methoxy groups -OCH3 is 2. The first-order valence-electron chi connectivity index (χ1n) is 14.7. The Morgan fingerprint density at radius 2 is 1.04 bits per heavy atom. The fraction of sp³-hybridized carbons (Fsp3) is 0.114. The Morgan fingerprint density at radius 1 is 0.604 bits per heavy atom. The third-order valence-electron chi connectivity index (χ3n) is 7.76. The summed E-state index contributed by atoms with van der Waals surface area (Å²) in [4.78, 5) is 65.2. The van der Waals surface area contributed by atoms with Crippen LogP contribution in [0.4, 0.5) is 0 Å². The van der Waals surface area contributed by atoms with E-state index in [9.17, 15) is 19.2 Å². The molecule has 0 spiro atoms. The van der Waals surface area contributed by atoms with E-state index < -0.39 is 23.8 Å². The van der Waals surface area contributed by atoms with Crippen molar-refractivity contribution in [3.05, 3.63) is 112 Å². The van der Waals surface area contributed by atoms with Gasteiger partial charge in [0.15, 0.2) is 9.60 Å². The van der Waals surface area contributed by atoms with Gasteiger partial charge in [-0.25, -0.2) is 4.98 Å². The number of nitrogens with zero attached hydrogens (tertiary/aromatic N) is 5. The standard InChI is InChI=1S/C35H25N5O6S2/c1-45-28(41)18-39-26-16-14-20-8-3-5-10-22(20)30(26)47-34(39)37-32(43)24-12-7-13-25(36-24)33(44)38-35-40(19-29(42)46-2)27-17-15-21-9-4-6-11-23(21)31(27)48-35/h3-17H,18-19H2,1-2H3. The second-order valence-corrected chi connectivity index (χ2v) is 12.6. The topological polar surface area (TPSA) is 134 Å². The monoisotopic (exact) mass is 675 g/mol. The number of hydrogen-bond acceptors (Lipinski definition) is 9. The van der Waals surface area contributed by atoms with Crippen LogP contribution in [0.25, 0.3) is 42.0 Å². The minimum Gasteiger partial charge on any atom is -0.468 e. The first-order valence-corrected chi connectivity index (χ1v) is 16.3. The summed E-state index contributed by atoms with van der Waals surface area (Å²) in [5, 5.41) is 3.92. The van der Waals surface area contributed by atoms with Crippen LogP contribution in [0.15, 0.2) is 101 Å². The summed E-state index contributed by atoms with van der Waals surface area (Å²) in [5.41, 5.74) is 1.30. The maximum atomic E-state index is 13.5. The molecule has 238 valence electrons. The van der Waals surface area contributed by atoms with E-state index in [1.165, 1.54) is 55.1 Å². The van der Waals surface area contributed by atoms with Crippen LogP contribution >= 0.6 is 22.7 Å². The number of esters is 2. The molecule has 0 N–H and O–H groups in total. The van der Waals surface area contributed by atoms with Crippen molar-refractivity contribution >= 4 is 88.4 Å². The Kier molecular flexibility index (Phi) is 8.21. The predicted octanol–water partition coefficient (Wildman–Crippen LogP) is 5.25. The van der Waals surface area contributed by atoms with E-state index in [0.29, 0.717) is 0 Å². The average molecular weight is 676 g/mol. The van der Waals surface area contributed by atoms with Gasteiger partial charge in [0.05, 0.1) is 34.7 Å². The summed E-state index contributed by atoms with van der Waals surface area (Å²) in [6.45, 7) is -0.302. The zero-order valence-electron chi connectivity index (χ0n) is 25.6. The summed E-state index contributed by atoms with van der Waals surface area (Å²) in [6.07, 6.45) is 0. The van der Waals surface area contributed by atoms with Gasteiger partial charge in [-0.2, -0.15) is 9.98 Å². The van der Waals surface area contributed by atoms with Crippen LogP contribution in [0.5, 0.6) is 0 Å². The maximum Gasteiger partial charge on any atom is 0.325 e.